The van der Waals surface area contributed by atoms with Crippen LogP contribution in [0.3, 0.4) is 0 Å². The fourth-order valence-corrected chi connectivity index (χ4v) is 2.30. The van der Waals surface area contributed by atoms with E-state index in [4.69, 9.17) is 5.73 Å². The molecule has 0 saturated carbocycles. The Morgan fingerprint density at radius 3 is 2.88 bits per heavy atom. The monoisotopic (exact) mass is 240 g/mol. The summed E-state index contributed by atoms with van der Waals surface area (Å²) in [6, 6.07) is 3.83. The quantitative estimate of drug-likeness (QED) is 0.858. The van der Waals surface area contributed by atoms with E-state index in [1.54, 1.807) is 0 Å². The van der Waals surface area contributed by atoms with Crippen LogP contribution in [-0.2, 0) is 6.54 Å². The van der Waals surface area contributed by atoms with E-state index in [1.165, 1.54) is 12.1 Å². The summed E-state index contributed by atoms with van der Waals surface area (Å²) < 4.78 is 26.5. The first-order valence-corrected chi connectivity index (χ1v) is 5.98. The number of likely N-dealkylation sites (tertiary alicyclic amines) is 1. The zero-order valence-corrected chi connectivity index (χ0v) is 10.00. The molecule has 2 unspecified atom stereocenters. The number of piperidine rings is 1. The third-order valence-corrected chi connectivity index (χ3v) is 3.46. The summed E-state index contributed by atoms with van der Waals surface area (Å²) in [5, 5.41) is 0. The Balaban J connectivity index is 2.03. The largest absolute Gasteiger partial charge is 0.327 e. The number of halogens is 2. The fraction of sp³-hybridized carbons (Fsp3) is 0.538. The second kappa shape index (κ2) is 5.10. The molecule has 2 atom stereocenters. The molecule has 1 aromatic carbocycles. The molecule has 2 rings (SSSR count). The van der Waals surface area contributed by atoms with E-state index in [2.05, 4.69) is 11.8 Å². The lowest BCUT2D eigenvalue weighted by molar-refractivity contribution is 0.156. The van der Waals surface area contributed by atoms with Crippen LogP contribution in [0.15, 0.2) is 18.2 Å². The Kier molecular flexibility index (Phi) is 3.74. The lowest BCUT2D eigenvalue weighted by Gasteiger charge is -2.35. The van der Waals surface area contributed by atoms with Crippen molar-refractivity contribution in [1.82, 2.24) is 4.90 Å². The van der Waals surface area contributed by atoms with Crippen molar-refractivity contribution in [1.29, 1.82) is 0 Å². The third kappa shape index (κ3) is 3.01. The molecular weight excluding hydrogens is 222 g/mol. The van der Waals surface area contributed by atoms with Crippen molar-refractivity contribution in [3.63, 3.8) is 0 Å². The number of benzene rings is 1. The van der Waals surface area contributed by atoms with Crippen LogP contribution in [0.2, 0.25) is 0 Å². The zero-order valence-electron chi connectivity index (χ0n) is 10.00. The highest BCUT2D eigenvalue weighted by molar-refractivity contribution is 5.18. The zero-order chi connectivity index (χ0) is 12.4. The molecule has 2 nitrogen and oxygen atoms in total. The molecule has 1 heterocycles. The summed E-state index contributed by atoms with van der Waals surface area (Å²) in [7, 11) is 0. The second-order valence-electron chi connectivity index (χ2n) is 4.90. The normalized spacial score (nSPS) is 26.1. The van der Waals surface area contributed by atoms with Gasteiger partial charge in [0.25, 0.3) is 0 Å². The molecular formula is C13H18F2N2. The van der Waals surface area contributed by atoms with Gasteiger partial charge in [0.05, 0.1) is 0 Å². The van der Waals surface area contributed by atoms with E-state index in [9.17, 15) is 8.78 Å². The van der Waals surface area contributed by atoms with Gasteiger partial charge in [0.15, 0.2) is 0 Å². The van der Waals surface area contributed by atoms with Gasteiger partial charge in [-0.3, -0.25) is 4.90 Å². The van der Waals surface area contributed by atoms with Gasteiger partial charge in [0.2, 0.25) is 0 Å². The fourth-order valence-electron chi connectivity index (χ4n) is 2.30. The molecule has 17 heavy (non-hydrogen) atoms. The minimum atomic E-state index is -0.386. The number of hydrogen-bond donors (Lipinski definition) is 1. The molecule has 1 aromatic rings. The Morgan fingerprint density at radius 1 is 1.41 bits per heavy atom. The summed E-state index contributed by atoms with van der Waals surface area (Å²) in [4.78, 5) is 2.13. The van der Waals surface area contributed by atoms with Gasteiger partial charge in [-0.05, 0) is 37.1 Å². The summed E-state index contributed by atoms with van der Waals surface area (Å²) >= 11 is 0. The van der Waals surface area contributed by atoms with E-state index in [0.717, 1.165) is 25.6 Å². The maximum absolute atomic E-state index is 13.5. The van der Waals surface area contributed by atoms with Crippen molar-refractivity contribution in [3.05, 3.63) is 35.4 Å². The number of nitrogens with zero attached hydrogens (tertiary/aromatic N) is 1. The van der Waals surface area contributed by atoms with Crippen LogP contribution < -0.4 is 5.73 Å². The first-order valence-electron chi connectivity index (χ1n) is 5.98. The average Bonchev–Trinajstić information content (AvgIpc) is 2.29. The molecule has 1 saturated heterocycles. The number of rotatable bonds is 2. The van der Waals surface area contributed by atoms with Crippen molar-refractivity contribution in [2.75, 3.05) is 13.1 Å². The lowest BCUT2D eigenvalue weighted by atomic mass is 9.94. The Bertz CT molecular complexity index is 395. The van der Waals surface area contributed by atoms with Crippen molar-refractivity contribution in [2.45, 2.75) is 25.9 Å². The molecule has 4 heteroatoms. The highest BCUT2D eigenvalue weighted by atomic mass is 19.1. The molecule has 1 fully saturated rings. The van der Waals surface area contributed by atoms with Crippen molar-refractivity contribution >= 4 is 0 Å². The molecule has 94 valence electrons. The maximum atomic E-state index is 13.5. The lowest BCUT2D eigenvalue weighted by Crippen LogP contribution is -2.45. The van der Waals surface area contributed by atoms with Crippen LogP contribution in [0.25, 0.3) is 0 Å². The highest BCUT2D eigenvalue weighted by Crippen LogP contribution is 2.19. The molecule has 1 aliphatic heterocycles. The molecule has 0 radical (unpaired) electrons. The first kappa shape index (κ1) is 12.5. The highest BCUT2D eigenvalue weighted by Gasteiger charge is 2.23. The summed E-state index contributed by atoms with van der Waals surface area (Å²) in [6.45, 7) is 4.25. The summed E-state index contributed by atoms with van der Waals surface area (Å²) in [6.07, 6.45) is 0.915. The minimum absolute atomic E-state index is 0.226. The van der Waals surface area contributed by atoms with E-state index >= 15 is 0 Å². The molecule has 1 aliphatic rings. The smallest absolute Gasteiger partial charge is 0.127 e. The maximum Gasteiger partial charge on any atom is 0.127 e. The van der Waals surface area contributed by atoms with Crippen molar-refractivity contribution in [2.24, 2.45) is 11.7 Å². The molecule has 0 aromatic heterocycles. The van der Waals surface area contributed by atoms with Crippen LogP contribution in [0.5, 0.6) is 0 Å². The van der Waals surface area contributed by atoms with E-state index in [-0.39, 0.29) is 17.7 Å². The van der Waals surface area contributed by atoms with Gasteiger partial charge in [-0.25, -0.2) is 8.78 Å². The van der Waals surface area contributed by atoms with Crippen LogP contribution in [0.1, 0.15) is 18.9 Å². The van der Waals surface area contributed by atoms with Crippen LogP contribution in [0, 0.1) is 17.6 Å². The molecule has 0 amide bonds. The summed E-state index contributed by atoms with van der Waals surface area (Å²) in [5.74, 6) is -0.322. The topological polar surface area (TPSA) is 29.3 Å². The van der Waals surface area contributed by atoms with Crippen molar-refractivity contribution < 1.29 is 8.78 Å². The number of hydrogen-bond acceptors (Lipinski definition) is 2. The first-order chi connectivity index (χ1) is 8.06. The van der Waals surface area contributed by atoms with E-state index in [0.29, 0.717) is 18.0 Å². The minimum Gasteiger partial charge on any atom is -0.327 e. The molecule has 0 bridgehead atoms. The predicted octanol–water partition coefficient (Wildman–Crippen LogP) is 2.13. The second-order valence-corrected chi connectivity index (χ2v) is 4.90. The van der Waals surface area contributed by atoms with Gasteiger partial charge in [0.1, 0.15) is 11.6 Å². The van der Waals surface area contributed by atoms with Gasteiger partial charge in [-0.1, -0.05) is 6.92 Å². The SMILES string of the molecule is CC1CN(Cc2cc(F)ccc2F)CCC1N. The van der Waals surface area contributed by atoms with Crippen LogP contribution in [-0.4, -0.2) is 24.0 Å². The van der Waals surface area contributed by atoms with Gasteiger partial charge in [0, 0.05) is 24.7 Å². The van der Waals surface area contributed by atoms with Crippen molar-refractivity contribution in [3.8, 4) is 0 Å². The van der Waals surface area contributed by atoms with Crippen LogP contribution >= 0.6 is 0 Å². The Hall–Kier alpha value is -1.00. The standard InChI is InChI=1S/C13H18F2N2/c1-9-7-17(5-4-13(9)16)8-10-6-11(14)2-3-12(10)15/h2-3,6,9,13H,4-5,7-8,16H2,1H3. The third-order valence-electron chi connectivity index (χ3n) is 3.46. The van der Waals surface area contributed by atoms with E-state index in [1.807, 2.05) is 0 Å². The molecule has 0 spiro atoms. The Morgan fingerprint density at radius 2 is 2.18 bits per heavy atom. The predicted molar refractivity (Wildman–Crippen MR) is 63.4 cm³/mol. The molecule has 2 N–H and O–H groups in total. The van der Waals surface area contributed by atoms with Gasteiger partial charge < -0.3 is 5.73 Å². The average molecular weight is 240 g/mol. The van der Waals surface area contributed by atoms with Gasteiger partial charge in [-0.15, -0.1) is 0 Å². The Labute approximate surface area is 100 Å². The van der Waals surface area contributed by atoms with Gasteiger partial charge in [-0.2, -0.15) is 0 Å². The van der Waals surface area contributed by atoms with Crippen LogP contribution in [0.4, 0.5) is 8.78 Å². The summed E-state index contributed by atoms with van der Waals surface area (Å²) in [5.41, 5.74) is 6.35. The number of nitrogens with two attached hydrogens (primary N) is 1. The molecule has 0 aliphatic carbocycles. The van der Waals surface area contributed by atoms with E-state index < -0.39 is 0 Å². The van der Waals surface area contributed by atoms with Gasteiger partial charge >= 0.3 is 0 Å².